The molecule has 0 amide bonds. The van der Waals surface area contributed by atoms with Crippen molar-refractivity contribution in [3.63, 3.8) is 0 Å². The van der Waals surface area contributed by atoms with Crippen LogP contribution in [0.4, 0.5) is 5.69 Å². The second-order valence-corrected chi connectivity index (χ2v) is 6.52. The highest BCUT2D eigenvalue weighted by Crippen LogP contribution is 2.28. The van der Waals surface area contributed by atoms with Gasteiger partial charge in [0.15, 0.2) is 0 Å². The van der Waals surface area contributed by atoms with Crippen LogP contribution < -0.4 is 10.2 Å². The number of ether oxygens (including phenoxy) is 2. The standard InChI is InChI=1S/C16H25BrN2O2/c1-12-10-19(11-13(2)21-12)16-8-15(17)5-4-14(16)9-18-6-7-20-3/h4-5,8,12-13,18H,6-7,9-11H2,1-3H3/t12-,13+. The smallest absolute Gasteiger partial charge is 0.0726 e. The number of anilines is 1. The van der Waals surface area contributed by atoms with Gasteiger partial charge in [-0.3, -0.25) is 0 Å². The van der Waals surface area contributed by atoms with Gasteiger partial charge in [0.1, 0.15) is 0 Å². The Morgan fingerprint density at radius 2 is 2.05 bits per heavy atom. The largest absolute Gasteiger partial charge is 0.383 e. The van der Waals surface area contributed by atoms with Gasteiger partial charge in [0, 0.05) is 43.4 Å². The zero-order chi connectivity index (χ0) is 15.2. The van der Waals surface area contributed by atoms with E-state index in [1.54, 1.807) is 7.11 Å². The van der Waals surface area contributed by atoms with Gasteiger partial charge in [0.05, 0.1) is 18.8 Å². The topological polar surface area (TPSA) is 33.7 Å². The molecule has 2 rings (SSSR count). The molecule has 0 unspecified atom stereocenters. The number of halogens is 1. The van der Waals surface area contributed by atoms with E-state index in [4.69, 9.17) is 9.47 Å². The number of benzene rings is 1. The zero-order valence-electron chi connectivity index (χ0n) is 13.1. The molecule has 0 spiro atoms. The van der Waals surface area contributed by atoms with E-state index in [1.165, 1.54) is 11.3 Å². The fourth-order valence-corrected chi connectivity index (χ4v) is 3.10. The molecule has 1 aliphatic rings. The number of nitrogens with one attached hydrogen (secondary N) is 1. The fourth-order valence-electron chi connectivity index (χ4n) is 2.75. The third-order valence-corrected chi connectivity index (χ3v) is 4.10. The van der Waals surface area contributed by atoms with E-state index in [-0.39, 0.29) is 12.2 Å². The van der Waals surface area contributed by atoms with Crippen LogP contribution in [-0.4, -0.2) is 45.6 Å². The molecule has 4 nitrogen and oxygen atoms in total. The van der Waals surface area contributed by atoms with Gasteiger partial charge in [0.2, 0.25) is 0 Å². The molecular weight excluding hydrogens is 332 g/mol. The van der Waals surface area contributed by atoms with Crippen molar-refractivity contribution in [1.82, 2.24) is 5.32 Å². The molecule has 118 valence electrons. The molecule has 21 heavy (non-hydrogen) atoms. The Kier molecular flexibility index (Phi) is 6.48. The van der Waals surface area contributed by atoms with Crippen molar-refractivity contribution in [2.24, 2.45) is 0 Å². The summed E-state index contributed by atoms with van der Waals surface area (Å²) >= 11 is 3.59. The van der Waals surface area contributed by atoms with E-state index in [0.717, 1.165) is 37.3 Å². The van der Waals surface area contributed by atoms with Crippen LogP contribution in [0.2, 0.25) is 0 Å². The highest BCUT2D eigenvalue weighted by molar-refractivity contribution is 9.10. The molecule has 0 saturated carbocycles. The van der Waals surface area contributed by atoms with Gasteiger partial charge in [-0.25, -0.2) is 0 Å². The quantitative estimate of drug-likeness (QED) is 0.794. The predicted molar refractivity (Wildman–Crippen MR) is 89.9 cm³/mol. The maximum atomic E-state index is 5.84. The number of hydrogen-bond acceptors (Lipinski definition) is 4. The van der Waals surface area contributed by atoms with Crippen LogP contribution in [0.3, 0.4) is 0 Å². The van der Waals surface area contributed by atoms with Gasteiger partial charge in [-0.05, 0) is 31.5 Å². The van der Waals surface area contributed by atoms with Gasteiger partial charge in [-0.1, -0.05) is 22.0 Å². The summed E-state index contributed by atoms with van der Waals surface area (Å²) < 4.78 is 12.0. The van der Waals surface area contributed by atoms with Crippen LogP contribution >= 0.6 is 15.9 Å². The van der Waals surface area contributed by atoms with Crippen molar-refractivity contribution in [1.29, 1.82) is 0 Å². The van der Waals surface area contributed by atoms with Gasteiger partial charge in [0.25, 0.3) is 0 Å². The summed E-state index contributed by atoms with van der Waals surface area (Å²) in [4.78, 5) is 2.43. The van der Waals surface area contributed by atoms with E-state index in [9.17, 15) is 0 Å². The minimum Gasteiger partial charge on any atom is -0.383 e. The van der Waals surface area contributed by atoms with E-state index in [0.29, 0.717) is 0 Å². The summed E-state index contributed by atoms with van der Waals surface area (Å²) in [5.74, 6) is 0. The molecule has 0 bridgehead atoms. The van der Waals surface area contributed by atoms with Crippen molar-refractivity contribution in [2.45, 2.75) is 32.6 Å². The third-order valence-electron chi connectivity index (χ3n) is 3.61. The van der Waals surface area contributed by atoms with Crippen molar-refractivity contribution >= 4 is 21.6 Å². The first-order valence-corrected chi connectivity index (χ1v) is 8.28. The Morgan fingerprint density at radius 1 is 1.33 bits per heavy atom. The van der Waals surface area contributed by atoms with Crippen LogP contribution in [0.1, 0.15) is 19.4 Å². The second kappa shape index (κ2) is 8.13. The number of methoxy groups -OCH3 is 1. The van der Waals surface area contributed by atoms with E-state index in [1.807, 2.05) is 0 Å². The SMILES string of the molecule is COCCNCc1ccc(Br)cc1N1C[C@@H](C)O[C@@H](C)C1. The molecule has 1 aliphatic heterocycles. The molecule has 1 heterocycles. The van der Waals surface area contributed by atoms with Gasteiger partial charge in [-0.15, -0.1) is 0 Å². The highest BCUT2D eigenvalue weighted by Gasteiger charge is 2.23. The predicted octanol–water partition coefficient (Wildman–Crippen LogP) is 2.80. The highest BCUT2D eigenvalue weighted by atomic mass is 79.9. The lowest BCUT2D eigenvalue weighted by Crippen LogP contribution is -2.46. The molecule has 0 aromatic heterocycles. The Hall–Kier alpha value is -0.620. The number of nitrogens with zero attached hydrogens (tertiary/aromatic N) is 1. The lowest BCUT2D eigenvalue weighted by molar-refractivity contribution is -0.00526. The molecule has 1 N–H and O–H groups in total. The Bertz CT molecular complexity index is 446. The minimum atomic E-state index is 0.266. The first-order chi connectivity index (χ1) is 10.1. The van der Waals surface area contributed by atoms with Crippen LogP contribution in [0.15, 0.2) is 22.7 Å². The monoisotopic (exact) mass is 356 g/mol. The fraction of sp³-hybridized carbons (Fsp3) is 0.625. The average Bonchev–Trinajstić information content (AvgIpc) is 2.44. The molecular formula is C16H25BrN2O2. The lowest BCUT2D eigenvalue weighted by Gasteiger charge is -2.38. The zero-order valence-corrected chi connectivity index (χ0v) is 14.6. The number of morpholine rings is 1. The molecule has 5 heteroatoms. The van der Waals surface area contributed by atoms with Crippen molar-refractivity contribution in [3.8, 4) is 0 Å². The van der Waals surface area contributed by atoms with E-state index < -0.39 is 0 Å². The van der Waals surface area contributed by atoms with Crippen LogP contribution in [0.25, 0.3) is 0 Å². The minimum absolute atomic E-state index is 0.266. The summed E-state index contributed by atoms with van der Waals surface area (Å²) in [7, 11) is 1.73. The first kappa shape index (κ1) is 16.7. The van der Waals surface area contributed by atoms with Crippen LogP contribution in [0.5, 0.6) is 0 Å². The Morgan fingerprint density at radius 3 is 2.71 bits per heavy atom. The van der Waals surface area contributed by atoms with Crippen LogP contribution in [0, 0.1) is 0 Å². The summed E-state index contributed by atoms with van der Waals surface area (Å²) in [5.41, 5.74) is 2.60. The number of hydrogen-bond donors (Lipinski definition) is 1. The maximum absolute atomic E-state index is 5.84. The molecule has 0 radical (unpaired) electrons. The molecule has 1 saturated heterocycles. The summed E-state index contributed by atoms with van der Waals surface area (Å²) in [6, 6.07) is 6.49. The maximum Gasteiger partial charge on any atom is 0.0726 e. The normalized spacial score (nSPS) is 22.6. The molecule has 1 fully saturated rings. The van der Waals surface area contributed by atoms with E-state index in [2.05, 4.69) is 58.2 Å². The molecule has 1 aromatic rings. The lowest BCUT2D eigenvalue weighted by atomic mass is 10.1. The van der Waals surface area contributed by atoms with Crippen molar-refractivity contribution in [2.75, 3.05) is 38.3 Å². The third kappa shape index (κ3) is 4.95. The number of rotatable bonds is 6. The average molecular weight is 357 g/mol. The first-order valence-electron chi connectivity index (χ1n) is 7.48. The second-order valence-electron chi connectivity index (χ2n) is 5.60. The van der Waals surface area contributed by atoms with E-state index >= 15 is 0 Å². The van der Waals surface area contributed by atoms with Crippen molar-refractivity contribution < 1.29 is 9.47 Å². The van der Waals surface area contributed by atoms with Gasteiger partial charge >= 0.3 is 0 Å². The van der Waals surface area contributed by atoms with Gasteiger partial charge < -0.3 is 19.7 Å². The Labute approximate surface area is 135 Å². The molecule has 1 aromatic carbocycles. The molecule has 0 aliphatic carbocycles. The van der Waals surface area contributed by atoms with Crippen molar-refractivity contribution in [3.05, 3.63) is 28.2 Å². The summed E-state index contributed by atoms with van der Waals surface area (Å²) in [6.45, 7) is 8.59. The van der Waals surface area contributed by atoms with Gasteiger partial charge in [-0.2, -0.15) is 0 Å². The Balaban J connectivity index is 2.10. The summed E-state index contributed by atoms with van der Waals surface area (Å²) in [6.07, 6.45) is 0.532. The molecule has 2 atom stereocenters. The van der Waals surface area contributed by atoms with Crippen LogP contribution in [-0.2, 0) is 16.0 Å². The summed E-state index contributed by atoms with van der Waals surface area (Å²) in [5, 5.41) is 3.43.